The van der Waals surface area contributed by atoms with E-state index < -0.39 is 36.6 Å². The molecular weight excluding hydrogens is 524 g/mol. The van der Waals surface area contributed by atoms with Crippen molar-refractivity contribution in [2.24, 2.45) is 0 Å². The van der Waals surface area contributed by atoms with Gasteiger partial charge in [-0.2, -0.15) is 0 Å². The number of anilines is 1. The van der Waals surface area contributed by atoms with Gasteiger partial charge in [0, 0.05) is 14.5 Å². The highest BCUT2D eigenvalue weighted by molar-refractivity contribution is 9.11. The molecule has 1 aromatic rings. The number of carbonyl (C=O) groups is 1. The van der Waals surface area contributed by atoms with Crippen LogP contribution in [0, 0.1) is 0 Å². The molecule has 6 atom stereocenters. The molecule has 0 radical (unpaired) electrons. The Morgan fingerprint density at radius 3 is 2.37 bits per heavy atom. The summed E-state index contributed by atoms with van der Waals surface area (Å²) in [5, 5.41) is 40.9. The zero-order chi connectivity index (χ0) is 22.2. The summed E-state index contributed by atoms with van der Waals surface area (Å²) >= 11 is 6.94. The van der Waals surface area contributed by atoms with Crippen LogP contribution in [0.15, 0.2) is 21.1 Å². The lowest BCUT2D eigenvalue weighted by molar-refractivity contribution is -0.995. The van der Waals surface area contributed by atoms with E-state index in [-0.39, 0.29) is 10.5 Å². The highest BCUT2D eigenvalue weighted by Crippen LogP contribution is 2.39. The number of carboxylic acid groups (broad SMARTS) is 1. The largest absolute Gasteiger partial charge is 0.479 e. The molecule has 0 bridgehead atoms. The predicted molar refractivity (Wildman–Crippen MR) is 117 cm³/mol. The minimum Gasteiger partial charge on any atom is -0.479 e. The molecular formula is C20H29Br2N2O6+. The third kappa shape index (κ3) is 4.55. The van der Waals surface area contributed by atoms with Crippen LogP contribution in [-0.4, -0.2) is 74.6 Å². The van der Waals surface area contributed by atoms with Gasteiger partial charge < -0.3 is 30.9 Å². The molecule has 0 spiro atoms. The molecule has 3 rings (SSSR count). The van der Waals surface area contributed by atoms with Gasteiger partial charge in [-0.1, -0.05) is 22.4 Å². The van der Waals surface area contributed by atoms with E-state index in [0.717, 1.165) is 46.6 Å². The Balaban J connectivity index is 2.04. The standard InChI is InChI=1S/C20H28Br2N2O6/c1-24(12-5-3-2-4-6-12,9-10-7-11(21)8-13(22)14(10)23)19-17(27)15(25)16(26)18(30-19)20(28)29/h7-8,12,15-19,25-27H,2-6,9,23H2,1H3/p+1. The van der Waals surface area contributed by atoms with Crippen molar-refractivity contribution in [1.82, 2.24) is 0 Å². The second-order valence-corrected chi connectivity index (χ2v) is 10.3. The minimum atomic E-state index is -1.71. The summed E-state index contributed by atoms with van der Waals surface area (Å²) in [6, 6.07) is 3.82. The van der Waals surface area contributed by atoms with Crippen LogP contribution in [0.25, 0.3) is 0 Å². The van der Waals surface area contributed by atoms with Gasteiger partial charge in [0.1, 0.15) is 18.8 Å². The van der Waals surface area contributed by atoms with Crippen molar-refractivity contribution in [3.8, 4) is 0 Å². The molecule has 1 saturated carbocycles. The molecule has 168 valence electrons. The second kappa shape index (κ2) is 9.40. The summed E-state index contributed by atoms with van der Waals surface area (Å²) in [4.78, 5) is 11.7. The fourth-order valence-electron chi connectivity index (χ4n) is 4.79. The normalized spacial score (nSPS) is 32.5. The third-order valence-corrected chi connectivity index (χ3v) is 7.63. The highest BCUT2D eigenvalue weighted by atomic mass is 79.9. The Morgan fingerprint density at radius 2 is 1.77 bits per heavy atom. The number of nitrogen functional groups attached to an aromatic ring is 1. The van der Waals surface area contributed by atoms with Gasteiger partial charge in [0.25, 0.3) is 0 Å². The number of hydrogen-bond acceptors (Lipinski definition) is 6. The van der Waals surface area contributed by atoms with Gasteiger partial charge in [0.15, 0.2) is 12.2 Å². The van der Waals surface area contributed by atoms with Crippen LogP contribution in [0.1, 0.15) is 37.7 Å². The number of hydrogen-bond donors (Lipinski definition) is 5. The van der Waals surface area contributed by atoms with E-state index in [1.165, 1.54) is 0 Å². The van der Waals surface area contributed by atoms with Crippen LogP contribution < -0.4 is 5.73 Å². The van der Waals surface area contributed by atoms with Crippen LogP contribution in [0.4, 0.5) is 5.69 Å². The number of quaternary nitrogens is 1. The van der Waals surface area contributed by atoms with Gasteiger partial charge >= 0.3 is 5.97 Å². The first-order valence-electron chi connectivity index (χ1n) is 10.1. The van der Waals surface area contributed by atoms with Crippen molar-refractivity contribution in [2.75, 3.05) is 12.8 Å². The predicted octanol–water partition coefficient (Wildman–Crippen LogP) is 1.97. The zero-order valence-corrected chi connectivity index (χ0v) is 19.9. The number of carboxylic acids is 1. The van der Waals surface area contributed by atoms with Gasteiger partial charge in [-0.25, -0.2) is 4.79 Å². The monoisotopic (exact) mass is 551 g/mol. The quantitative estimate of drug-likeness (QED) is 0.278. The molecule has 0 aromatic heterocycles. The van der Waals surface area contributed by atoms with Gasteiger partial charge in [0.2, 0.25) is 6.23 Å². The fourth-order valence-corrected chi connectivity index (χ4v) is 6.10. The average molecular weight is 553 g/mol. The van der Waals surface area contributed by atoms with Crippen molar-refractivity contribution in [1.29, 1.82) is 0 Å². The number of rotatable bonds is 5. The van der Waals surface area contributed by atoms with Gasteiger partial charge in [-0.3, -0.25) is 4.48 Å². The summed E-state index contributed by atoms with van der Waals surface area (Å²) in [5.41, 5.74) is 7.68. The summed E-state index contributed by atoms with van der Waals surface area (Å²) in [6.07, 6.45) is -2.52. The first-order chi connectivity index (χ1) is 14.1. The molecule has 30 heavy (non-hydrogen) atoms. The van der Waals surface area contributed by atoms with E-state index in [1.54, 1.807) is 0 Å². The van der Waals surface area contributed by atoms with Crippen LogP contribution in [0.3, 0.4) is 0 Å². The topological polar surface area (TPSA) is 133 Å². The van der Waals surface area contributed by atoms with Crippen molar-refractivity contribution >= 4 is 43.5 Å². The van der Waals surface area contributed by atoms with E-state index in [2.05, 4.69) is 31.9 Å². The Labute approximate surface area is 192 Å². The maximum Gasteiger partial charge on any atom is 0.335 e. The van der Waals surface area contributed by atoms with E-state index in [0.29, 0.717) is 12.2 Å². The lowest BCUT2D eigenvalue weighted by Crippen LogP contribution is -2.71. The number of aliphatic hydroxyl groups excluding tert-OH is 3. The number of halogens is 2. The summed E-state index contributed by atoms with van der Waals surface area (Å²) in [6.45, 7) is 0.366. The maximum absolute atomic E-state index is 11.7. The zero-order valence-electron chi connectivity index (χ0n) is 16.7. The first-order valence-corrected chi connectivity index (χ1v) is 11.7. The number of benzene rings is 1. The fraction of sp³-hybridized carbons (Fsp3) is 0.650. The maximum atomic E-state index is 11.7. The number of nitrogens with zero attached hydrogens (tertiary/aromatic N) is 1. The van der Waals surface area contributed by atoms with Crippen molar-refractivity contribution in [3.05, 3.63) is 26.6 Å². The average Bonchev–Trinajstić information content (AvgIpc) is 2.70. The van der Waals surface area contributed by atoms with Gasteiger partial charge in [0.05, 0.1) is 18.8 Å². The molecule has 1 heterocycles. The molecule has 6 N–H and O–H groups in total. The minimum absolute atomic E-state index is 0.0763. The highest BCUT2D eigenvalue weighted by Gasteiger charge is 2.56. The molecule has 8 nitrogen and oxygen atoms in total. The molecule has 2 aliphatic rings. The van der Waals surface area contributed by atoms with Crippen LogP contribution in [0.5, 0.6) is 0 Å². The summed E-state index contributed by atoms with van der Waals surface area (Å²) in [5.74, 6) is -1.38. The molecule has 6 unspecified atom stereocenters. The van der Waals surface area contributed by atoms with Gasteiger partial charge in [-0.05, 0) is 53.7 Å². The van der Waals surface area contributed by atoms with E-state index in [1.807, 2.05) is 19.2 Å². The second-order valence-electron chi connectivity index (χ2n) is 8.51. The lowest BCUT2D eigenvalue weighted by Gasteiger charge is -2.52. The first kappa shape index (κ1) is 23.9. The molecule has 2 fully saturated rings. The molecule has 1 saturated heterocycles. The number of nitrogens with two attached hydrogens (primary N) is 1. The SMILES string of the molecule is C[N+](Cc1cc(Br)cc(Br)c1N)(C1CCCCC1)C1OC(C(=O)O)C(O)C(O)C1O. The van der Waals surface area contributed by atoms with Crippen LogP contribution in [-0.2, 0) is 16.1 Å². The number of aliphatic carboxylic acids is 1. The van der Waals surface area contributed by atoms with E-state index >= 15 is 0 Å². The van der Waals surface area contributed by atoms with Crippen molar-refractivity contribution < 1.29 is 34.4 Å². The number of likely N-dealkylation sites (N-methyl/N-ethyl adjacent to an activating group) is 1. The molecule has 1 aromatic carbocycles. The van der Waals surface area contributed by atoms with E-state index in [9.17, 15) is 25.2 Å². The number of ether oxygens (including phenoxy) is 1. The molecule has 1 aliphatic carbocycles. The summed E-state index contributed by atoms with van der Waals surface area (Å²) < 4.78 is 7.50. The molecule has 10 heteroatoms. The Hall–Kier alpha value is -0.750. The van der Waals surface area contributed by atoms with Crippen LogP contribution in [0.2, 0.25) is 0 Å². The van der Waals surface area contributed by atoms with Crippen LogP contribution >= 0.6 is 31.9 Å². The Morgan fingerprint density at radius 1 is 1.13 bits per heavy atom. The summed E-state index contributed by atoms with van der Waals surface area (Å²) in [7, 11) is 1.90. The van der Waals surface area contributed by atoms with Crippen molar-refractivity contribution in [2.45, 2.75) is 75.3 Å². The van der Waals surface area contributed by atoms with Gasteiger partial charge in [-0.15, -0.1) is 0 Å². The van der Waals surface area contributed by atoms with Crippen molar-refractivity contribution in [3.63, 3.8) is 0 Å². The lowest BCUT2D eigenvalue weighted by atomic mass is 9.89. The number of aliphatic hydroxyl groups is 3. The molecule has 0 amide bonds. The van der Waals surface area contributed by atoms with E-state index in [4.69, 9.17) is 10.5 Å². The Kier molecular flexibility index (Phi) is 7.49. The smallest absolute Gasteiger partial charge is 0.335 e. The molecule has 1 aliphatic heterocycles. The third-order valence-electron chi connectivity index (χ3n) is 6.51. The Bertz CT molecular complexity index is 791.